The van der Waals surface area contributed by atoms with Crippen molar-refractivity contribution in [2.24, 2.45) is 0 Å². The van der Waals surface area contributed by atoms with Crippen LogP contribution >= 0.6 is 0 Å². The summed E-state index contributed by atoms with van der Waals surface area (Å²) in [6.45, 7) is 10.0. The molecule has 2 unspecified atom stereocenters. The number of urea groups is 1. The Morgan fingerprint density at radius 3 is 2.19 bits per heavy atom. The molecule has 0 aromatic heterocycles. The number of rotatable bonds is 6. The van der Waals surface area contributed by atoms with Crippen LogP contribution in [0.1, 0.15) is 51.8 Å². The highest BCUT2D eigenvalue weighted by molar-refractivity contribution is 5.75. The lowest BCUT2D eigenvalue weighted by molar-refractivity contribution is 0.117. The molecule has 1 rings (SSSR count). The Hall–Kier alpha value is -1.55. The fourth-order valence-corrected chi connectivity index (χ4v) is 2.21. The molecule has 0 saturated heterocycles. The minimum atomic E-state index is -0.530. The zero-order valence-electron chi connectivity index (χ0n) is 13.8. The molecule has 0 heterocycles. The van der Waals surface area contributed by atoms with E-state index in [0.29, 0.717) is 6.54 Å². The van der Waals surface area contributed by atoms with E-state index in [2.05, 4.69) is 36.5 Å². The van der Waals surface area contributed by atoms with Gasteiger partial charge in [0.25, 0.3) is 0 Å². The number of hydrogen-bond acceptors (Lipinski definition) is 2. The first-order chi connectivity index (χ1) is 9.85. The van der Waals surface area contributed by atoms with Crippen LogP contribution in [0.4, 0.5) is 4.79 Å². The van der Waals surface area contributed by atoms with E-state index >= 15 is 0 Å². The Morgan fingerprint density at radius 2 is 1.76 bits per heavy atom. The van der Waals surface area contributed by atoms with Gasteiger partial charge in [-0.2, -0.15) is 0 Å². The second-order valence-corrected chi connectivity index (χ2v) is 5.86. The van der Waals surface area contributed by atoms with Crippen LogP contribution in [0.25, 0.3) is 0 Å². The molecule has 4 nitrogen and oxygen atoms in total. The van der Waals surface area contributed by atoms with Crippen LogP contribution in [-0.2, 0) is 6.42 Å². The largest absolute Gasteiger partial charge is 0.392 e. The van der Waals surface area contributed by atoms with Gasteiger partial charge in [0.2, 0.25) is 0 Å². The number of aryl methyl sites for hydroxylation is 1. The van der Waals surface area contributed by atoms with Crippen LogP contribution in [0.2, 0.25) is 0 Å². The van der Waals surface area contributed by atoms with Crippen LogP contribution in [0.3, 0.4) is 0 Å². The highest BCUT2D eigenvalue weighted by atomic mass is 16.3. The number of hydrogen-bond donors (Lipinski definition) is 2. The second kappa shape index (κ2) is 8.03. The van der Waals surface area contributed by atoms with Crippen LogP contribution in [0.5, 0.6) is 0 Å². The van der Waals surface area contributed by atoms with Gasteiger partial charge in [-0.3, -0.25) is 0 Å². The topological polar surface area (TPSA) is 52.6 Å². The summed E-state index contributed by atoms with van der Waals surface area (Å²) < 4.78 is 0. The number of aliphatic hydroxyl groups excluding tert-OH is 1. The van der Waals surface area contributed by atoms with Crippen LogP contribution < -0.4 is 5.32 Å². The summed E-state index contributed by atoms with van der Waals surface area (Å²) in [5, 5.41) is 12.5. The van der Waals surface area contributed by atoms with E-state index in [9.17, 15) is 9.90 Å². The van der Waals surface area contributed by atoms with E-state index in [1.807, 2.05) is 20.8 Å². The molecule has 0 fully saturated rings. The van der Waals surface area contributed by atoms with Crippen molar-refractivity contribution in [2.75, 3.05) is 6.54 Å². The van der Waals surface area contributed by atoms with Gasteiger partial charge in [-0.1, -0.05) is 31.2 Å². The summed E-state index contributed by atoms with van der Waals surface area (Å²) in [5.74, 6) is 0. The average Bonchev–Trinajstić information content (AvgIpc) is 2.44. The van der Waals surface area contributed by atoms with E-state index in [4.69, 9.17) is 0 Å². The van der Waals surface area contributed by atoms with Crippen molar-refractivity contribution in [1.29, 1.82) is 0 Å². The molecule has 1 aromatic rings. The lowest BCUT2D eigenvalue weighted by Gasteiger charge is -2.29. The lowest BCUT2D eigenvalue weighted by Crippen LogP contribution is -2.47. The van der Waals surface area contributed by atoms with Crippen molar-refractivity contribution < 1.29 is 9.90 Å². The molecular formula is C17H28N2O2. The third-order valence-corrected chi connectivity index (χ3v) is 3.57. The number of nitrogens with one attached hydrogen (secondary N) is 1. The molecule has 2 atom stereocenters. The number of carbonyl (C=O) groups is 1. The van der Waals surface area contributed by atoms with Crippen molar-refractivity contribution in [3.8, 4) is 0 Å². The van der Waals surface area contributed by atoms with E-state index in [1.54, 1.807) is 11.8 Å². The standard InChI is InChI=1S/C17H28N2O2/c1-6-15-7-9-16(10-8-15)14(5)18-17(21)19(12(2)3)11-13(4)20/h7-10,12-14,20H,6,11H2,1-5H3,(H,18,21). The maximum atomic E-state index is 12.3. The third-order valence-electron chi connectivity index (χ3n) is 3.57. The van der Waals surface area contributed by atoms with Gasteiger partial charge in [-0.15, -0.1) is 0 Å². The predicted molar refractivity (Wildman–Crippen MR) is 86.3 cm³/mol. The summed E-state index contributed by atoms with van der Waals surface area (Å²) in [6, 6.07) is 8.14. The van der Waals surface area contributed by atoms with Gasteiger partial charge in [0.15, 0.2) is 0 Å². The summed E-state index contributed by atoms with van der Waals surface area (Å²) in [5.41, 5.74) is 2.37. The van der Waals surface area contributed by atoms with Gasteiger partial charge in [0.05, 0.1) is 12.1 Å². The highest BCUT2D eigenvalue weighted by Gasteiger charge is 2.20. The Labute approximate surface area is 128 Å². The molecule has 4 heteroatoms. The van der Waals surface area contributed by atoms with E-state index in [1.165, 1.54) is 5.56 Å². The normalized spacial score (nSPS) is 13.9. The number of benzene rings is 1. The Bertz CT molecular complexity index is 441. The van der Waals surface area contributed by atoms with E-state index < -0.39 is 6.10 Å². The number of aliphatic hydroxyl groups is 1. The Kier molecular flexibility index (Phi) is 6.69. The molecule has 0 aliphatic rings. The van der Waals surface area contributed by atoms with Crippen molar-refractivity contribution in [3.63, 3.8) is 0 Å². The Morgan fingerprint density at radius 1 is 1.19 bits per heavy atom. The molecule has 0 radical (unpaired) electrons. The molecule has 0 spiro atoms. The number of carbonyl (C=O) groups excluding carboxylic acids is 1. The number of nitrogens with zero attached hydrogens (tertiary/aromatic N) is 1. The van der Waals surface area contributed by atoms with Gasteiger partial charge in [0, 0.05) is 12.6 Å². The molecule has 0 bridgehead atoms. The van der Waals surface area contributed by atoms with E-state index in [0.717, 1.165) is 12.0 Å². The van der Waals surface area contributed by atoms with Gasteiger partial charge >= 0.3 is 6.03 Å². The molecule has 0 aliphatic carbocycles. The van der Waals surface area contributed by atoms with Crippen molar-refractivity contribution in [3.05, 3.63) is 35.4 Å². The molecule has 1 aromatic carbocycles. The molecule has 0 aliphatic heterocycles. The molecular weight excluding hydrogens is 264 g/mol. The van der Waals surface area contributed by atoms with Gasteiger partial charge < -0.3 is 15.3 Å². The van der Waals surface area contributed by atoms with Crippen LogP contribution in [0.15, 0.2) is 24.3 Å². The predicted octanol–water partition coefficient (Wildman–Crippen LogP) is 3.11. The first-order valence-electron chi connectivity index (χ1n) is 7.69. The van der Waals surface area contributed by atoms with Crippen molar-refractivity contribution in [2.45, 2.75) is 59.2 Å². The smallest absolute Gasteiger partial charge is 0.318 e. The SMILES string of the molecule is CCc1ccc(C(C)NC(=O)N(CC(C)O)C(C)C)cc1. The van der Waals surface area contributed by atoms with Gasteiger partial charge in [-0.25, -0.2) is 4.79 Å². The van der Waals surface area contributed by atoms with Gasteiger partial charge in [0.1, 0.15) is 0 Å². The first-order valence-corrected chi connectivity index (χ1v) is 7.69. The third kappa shape index (κ3) is 5.38. The summed E-state index contributed by atoms with van der Waals surface area (Å²) >= 11 is 0. The monoisotopic (exact) mass is 292 g/mol. The molecule has 2 N–H and O–H groups in total. The molecule has 21 heavy (non-hydrogen) atoms. The van der Waals surface area contributed by atoms with Crippen LogP contribution in [0, 0.1) is 0 Å². The minimum Gasteiger partial charge on any atom is -0.392 e. The van der Waals surface area contributed by atoms with E-state index in [-0.39, 0.29) is 18.1 Å². The quantitative estimate of drug-likeness (QED) is 0.846. The maximum Gasteiger partial charge on any atom is 0.318 e. The Balaban J connectivity index is 2.70. The lowest BCUT2D eigenvalue weighted by atomic mass is 10.1. The second-order valence-electron chi connectivity index (χ2n) is 5.86. The summed E-state index contributed by atoms with van der Waals surface area (Å²) in [7, 11) is 0. The van der Waals surface area contributed by atoms with Crippen molar-refractivity contribution in [1.82, 2.24) is 10.2 Å². The average molecular weight is 292 g/mol. The van der Waals surface area contributed by atoms with Crippen molar-refractivity contribution >= 4 is 6.03 Å². The minimum absolute atomic E-state index is 0.0502. The summed E-state index contributed by atoms with van der Waals surface area (Å²) in [6.07, 6.45) is 0.480. The summed E-state index contributed by atoms with van der Waals surface area (Å²) in [4.78, 5) is 14.0. The zero-order valence-corrected chi connectivity index (χ0v) is 13.8. The molecule has 0 saturated carbocycles. The number of amides is 2. The fraction of sp³-hybridized carbons (Fsp3) is 0.588. The highest BCUT2D eigenvalue weighted by Crippen LogP contribution is 2.14. The molecule has 2 amide bonds. The fourth-order valence-electron chi connectivity index (χ4n) is 2.21. The first kappa shape index (κ1) is 17.5. The van der Waals surface area contributed by atoms with Crippen LogP contribution in [-0.4, -0.2) is 34.7 Å². The molecule has 118 valence electrons. The maximum absolute atomic E-state index is 12.3. The zero-order chi connectivity index (χ0) is 16.0. The van der Waals surface area contributed by atoms with Gasteiger partial charge in [-0.05, 0) is 45.2 Å².